The van der Waals surface area contributed by atoms with Gasteiger partial charge in [0, 0.05) is 6.42 Å². The maximum Gasteiger partial charge on any atom is 0.106 e. The van der Waals surface area contributed by atoms with E-state index < -0.39 is 6.23 Å². The molecule has 0 aliphatic rings. The Kier molecular flexibility index (Phi) is 6.28. The van der Waals surface area contributed by atoms with Crippen LogP contribution in [0.2, 0.25) is 0 Å². The molecule has 0 saturated heterocycles. The Hall–Kier alpha value is -0.800. The highest BCUT2D eigenvalue weighted by Crippen LogP contribution is 2.09. The van der Waals surface area contributed by atoms with E-state index in [1.54, 1.807) is 7.11 Å². The van der Waals surface area contributed by atoms with Crippen molar-refractivity contribution in [2.45, 2.75) is 32.4 Å². The minimum absolute atomic E-state index is 0.472. The Balaban J connectivity index is 3.59. The summed E-state index contributed by atoms with van der Waals surface area (Å²) in [6.45, 7) is 5.71. The van der Waals surface area contributed by atoms with E-state index in [4.69, 9.17) is 15.6 Å². The van der Waals surface area contributed by atoms with Gasteiger partial charge in [-0.25, -0.2) is 0 Å². The lowest BCUT2D eigenvalue weighted by atomic mass is 10.1. The molecule has 0 rings (SSSR count). The maximum absolute atomic E-state index is 8.85. The molecule has 0 aromatic rings. The van der Waals surface area contributed by atoms with Crippen molar-refractivity contribution >= 4 is 0 Å². The normalized spacial score (nSPS) is 14.0. The van der Waals surface area contributed by atoms with E-state index in [1.165, 1.54) is 0 Å². The van der Waals surface area contributed by atoms with Crippen molar-refractivity contribution in [1.29, 1.82) is 0 Å². The van der Waals surface area contributed by atoms with Crippen LogP contribution in [0.25, 0.3) is 0 Å². The molecule has 76 valence electrons. The fourth-order valence-corrected chi connectivity index (χ4v) is 0.961. The van der Waals surface area contributed by atoms with Gasteiger partial charge in [-0.2, -0.15) is 0 Å². The van der Waals surface area contributed by atoms with Crippen molar-refractivity contribution < 1.29 is 9.84 Å². The lowest BCUT2D eigenvalue weighted by molar-refractivity contribution is 0.182. The number of allylic oxidation sites excluding steroid dienone is 2. The Bertz CT molecular complexity index is 185. The summed E-state index contributed by atoms with van der Waals surface area (Å²) in [4.78, 5) is 0. The Morgan fingerprint density at radius 3 is 2.77 bits per heavy atom. The monoisotopic (exact) mass is 185 g/mol. The van der Waals surface area contributed by atoms with Crippen molar-refractivity contribution in [2.24, 2.45) is 5.73 Å². The van der Waals surface area contributed by atoms with Crippen LogP contribution in [0, 0.1) is 0 Å². The molecule has 1 atom stereocenters. The summed E-state index contributed by atoms with van der Waals surface area (Å²) in [5.74, 6) is 0.904. The number of ether oxygens (including phenoxy) is 1. The van der Waals surface area contributed by atoms with E-state index in [0.29, 0.717) is 6.42 Å². The predicted octanol–water partition coefficient (Wildman–Crippen LogP) is 1.54. The molecule has 0 saturated carbocycles. The van der Waals surface area contributed by atoms with Crippen molar-refractivity contribution in [1.82, 2.24) is 0 Å². The number of aliphatic hydroxyl groups is 1. The molecular weight excluding hydrogens is 166 g/mol. The van der Waals surface area contributed by atoms with E-state index in [-0.39, 0.29) is 0 Å². The fourth-order valence-electron chi connectivity index (χ4n) is 0.961. The maximum atomic E-state index is 8.85. The van der Waals surface area contributed by atoms with Gasteiger partial charge in [0.15, 0.2) is 0 Å². The van der Waals surface area contributed by atoms with Crippen LogP contribution in [-0.2, 0) is 4.74 Å². The second kappa shape index (κ2) is 6.69. The summed E-state index contributed by atoms with van der Waals surface area (Å²) >= 11 is 0. The first-order valence-electron chi connectivity index (χ1n) is 4.37. The van der Waals surface area contributed by atoms with Gasteiger partial charge in [-0.05, 0) is 25.8 Å². The standard InChI is InChI=1S/C10H19NO2/c1-8(7-10(11)12)5-4-6-9(2)13-3/h6,10,12H,1,4-5,7,11H2,2-3H3/b9-6+. The molecule has 3 N–H and O–H groups in total. The summed E-state index contributed by atoms with van der Waals surface area (Å²) in [6.07, 6.45) is 3.41. The van der Waals surface area contributed by atoms with Gasteiger partial charge in [-0.3, -0.25) is 0 Å². The van der Waals surface area contributed by atoms with Gasteiger partial charge in [-0.1, -0.05) is 12.2 Å². The highest BCUT2D eigenvalue weighted by Gasteiger charge is 1.99. The second-order valence-electron chi connectivity index (χ2n) is 3.08. The van der Waals surface area contributed by atoms with E-state index >= 15 is 0 Å². The average Bonchev–Trinajstić information content (AvgIpc) is 2.02. The lowest BCUT2D eigenvalue weighted by Gasteiger charge is -2.06. The summed E-state index contributed by atoms with van der Waals surface area (Å²) in [7, 11) is 1.64. The van der Waals surface area contributed by atoms with Gasteiger partial charge in [0.05, 0.1) is 12.9 Å². The number of hydrogen-bond donors (Lipinski definition) is 2. The molecule has 0 aliphatic carbocycles. The van der Waals surface area contributed by atoms with Gasteiger partial charge in [-0.15, -0.1) is 0 Å². The molecule has 1 unspecified atom stereocenters. The molecule has 0 aromatic heterocycles. The minimum atomic E-state index is -0.778. The SMILES string of the molecule is C=C(CC/C=C(\C)OC)CC(N)O. The number of hydrogen-bond acceptors (Lipinski definition) is 3. The molecule has 3 heteroatoms. The van der Waals surface area contributed by atoms with Crippen molar-refractivity contribution in [2.75, 3.05) is 7.11 Å². The number of methoxy groups -OCH3 is 1. The molecule has 0 heterocycles. The molecule has 0 aliphatic heterocycles. The van der Waals surface area contributed by atoms with E-state index in [0.717, 1.165) is 24.2 Å². The van der Waals surface area contributed by atoms with Crippen LogP contribution in [0.5, 0.6) is 0 Å². The van der Waals surface area contributed by atoms with Crippen LogP contribution < -0.4 is 5.73 Å². The lowest BCUT2D eigenvalue weighted by Crippen LogP contribution is -2.18. The first-order chi connectivity index (χ1) is 6.06. The van der Waals surface area contributed by atoms with Crippen LogP contribution in [0.1, 0.15) is 26.2 Å². The smallest absolute Gasteiger partial charge is 0.106 e. The van der Waals surface area contributed by atoms with Gasteiger partial charge < -0.3 is 15.6 Å². The Morgan fingerprint density at radius 1 is 1.69 bits per heavy atom. The van der Waals surface area contributed by atoms with Crippen molar-refractivity contribution in [3.8, 4) is 0 Å². The zero-order chi connectivity index (χ0) is 10.3. The van der Waals surface area contributed by atoms with E-state index in [2.05, 4.69) is 6.58 Å². The molecule has 0 amide bonds. The van der Waals surface area contributed by atoms with E-state index in [9.17, 15) is 0 Å². The first kappa shape index (κ1) is 12.2. The largest absolute Gasteiger partial charge is 0.502 e. The molecular formula is C10H19NO2. The molecule has 0 fully saturated rings. The fraction of sp³-hybridized carbons (Fsp3) is 0.600. The van der Waals surface area contributed by atoms with Crippen LogP contribution >= 0.6 is 0 Å². The highest BCUT2D eigenvalue weighted by molar-refractivity contribution is 4.99. The Labute approximate surface area is 79.9 Å². The molecule has 13 heavy (non-hydrogen) atoms. The summed E-state index contributed by atoms with van der Waals surface area (Å²) < 4.78 is 4.97. The average molecular weight is 185 g/mol. The van der Waals surface area contributed by atoms with Gasteiger partial charge in [0.2, 0.25) is 0 Å². The first-order valence-corrected chi connectivity index (χ1v) is 4.37. The van der Waals surface area contributed by atoms with Crippen LogP contribution in [0.4, 0.5) is 0 Å². The van der Waals surface area contributed by atoms with E-state index in [1.807, 2.05) is 13.0 Å². The minimum Gasteiger partial charge on any atom is -0.502 e. The second-order valence-corrected chi connectivity index (χ2v) is 3.08. The third kappa shape index (κ3) is 7.56. The van der Waals surface area contributed by atoms with Crippen molar-refractivity contribution in [3.05, 3.63) is 24.0 Å². The van der Waals surface area contributed by atoms with Gasteiger partial charge >= 0.3 is 0 Å². The van der Waals surface area contributed by atoms with Crippen LogP contribution in [0.3, 0.4) is 0 Å². The molecule has 0 radical (unpaired) electrons. The van der Waals surface area contributed by atoms with Crippen molar-refractivity contribution in [3.63, 3.8) is 0 Å². The number of aliphatic hydroxyl groups excluding tert-OH is 1. The third-order valence-corrected chi connectivity index (χ3v) is 1.75. The Morgan fingerprint density at radius 2 is 2.31 bits per heavy atom. The summed E-state index contributed by atoms with van der Waals surface area (Å²) in [6, 6.07) is 0. The molecule has 3 nitrogen and oxygen atoms in total. The quantitative estimate of drug-likeness (QED) is 0.375. The zero-order valence-electron chi connectivity index (χ0n) is 8.42. The van der Waals surface area contributed by atoms with Crippen LogP contribution in [0.15, 0.2) is 24.0 Å². The number of rotatable bonds is 6. The van der Waals surface area contributed by atoms with Gasteiger partial charge in [0.1, 0.15) is 6.23 Å². The predicted molar refractivity (Wildman–Crippen MR) is 54.0 cm³/mol. The third-order valence-electron chi connectivity index (χ3n) is 1.75. The summed E-state index contributed by atoms with van der Waals surface area (Å²) in [5, 5.41) is 8.85. The zero-order valence-corrected chi connectivity index (χ0v) is 8.42. The highest BCUT2D eigenvalue weighted by atomic mass is 16.5. The number of nitrogens with two attached hydrogens (primary N) is 1. The van der Waals surface area contributed by atoms with Gasteiger partial charge in [0.25, 0.3) is 0 Å². The molecule has 0 aromatic carbocycles. The topological polar surface area (TPSA) is 55.5 Å². The molecule has 0 spiro atoms. The molecule has 0 bridgehead atoms. The summed E-state index contributed by atoms with van der Waals surface area (Å²) in [5.41, 5.74) is 6.17. The van der Waals surface area contributed by atoms with Crippen LogP contribution in [-0.4, -0.2) is 18.4 Å².